The van der Waals surface area contributed by atoms with E-state index in [4.69, 9.17) is 0 Å². The second kappa shape index (κ2) is 5.61. The number of rotatable bonds is 4. The minimum absolute atomic E-state index is 0.415. The van der Waals surface area contributed by atoms with E-state index >= 15 is 0 Å². The smallest absolute Gasteiger partial charge is 0.357 e. The summed E-state index contributed by atoms with van der Waals surface area (Å²) in [5.74, 6) is -1.80. The molecule has 0 bridgehead atoms. The van der Waals surface area contributed by atoms with Crippen LogP contribution in [0.5, 0.6) is 5.75 Å². The second-order valence-electron chi connectivity index (χ2n) is 3.62. The van der Waals surface area contributed by atoms with Gasteiger partial charge in [0.05, 0.1) is 11.8 Å². The van der Waals surface area contributed by atoms with Gasteiger partial charge in [-0.2, -0.15) is 21.6 Å². The van der Waals surface area contributed by atoms with Crippen molar-refractivity contribution in [2.75, 3.05) is 0 Å². The van der Waals surface area contributed by atoms with E-state index in [2.05, 4.69) is 9.17 Å². The second-order valence-corrected chi connectivity index (χ2v) is 4.58. The van der Waals surface area contributed by atoms with Crippen LogP contribution in [0.3, 0.4) is 0 Å². The molecule has 1 amide bonds. The van der Waals surface area contributed by atoms with Gasteiger partial charge in [-0.15, -0.1) is 0 Å². The zero-order valence-corrected chi connectivity index (χ0v) is 10.6. The molecule has 1 aromatic rings. The SMILES string of the molecule is C[C@@H](NC(=O)c1cncc(OS(=O)(=O)F)c1)C(F)(F)F. The topological polar surface area (TPSA) is 85.4 Å². The maximum atomic E-state index is 12.2. The van der Waals surface area contributed by atoms with E-state index in [1.165, 1.54) is 0 Å². The Morgan fingerprint density at radius 3 is 2.50 bits per heavy atom. The van der Waals surface area contributed by atoms with Crippen LogP contribution in [0.4, 0.5) is 17.1 Å². The van der Waals surface area contributed by atoms with Crippen LogP contribution in [0.25, 0.3) is 0 Å². The average molecular weight is 316 g/mol. The first-order valence-electron chi connectivity index (χ1n) is 4.96. The van der Waals surface area contributed by atoms with Gasteiger partial charge in [-0.1, -0.05) is 3.89 Å². The Morgan fingerprint density at radius 2 is 2.00 bits per heavy atom. The monoisotopic (exact) mass is 316 g/mol. The number of carbonyl (C=O) groups is 1. The maximum absolute atomic E-state index is 12.2. The molecule has 112 valence electrons. The molecule has 0 aromatic carbocycles. The number of nitrogens with one attached hydrogen (secondary N) is 1. The van der Waals surface area contributed by atoms with Gasteiger partial charge in [0.15, 0.2) is 5.75 Å². The van der Waals surface area contributed by atoms with Gasteiger partial charge < -0.3 is 9.50 Å². The van der Waals surface area contributed by atoms with Crippen molar-refractivity contribution in [3.63, 3.8) is 0 Å². The first kappa shape index (κ1) is 16.1. The van der Waals surface area contributed by atoms with Crippen LogP contribution >= 0.6 is 0 Å². The maximum Gasteiger partial charge on any atom is 0.488 e. The zero-order valence-electron chi connectivity index (χ0n) is 9.81. The van der Waals surface area contributed by atoms with Gasteiger partial charge in [-0.25, -0.2) is 0 Å². The summed E-state index contributed by atoms with van der Waals surface area (Å²) in [6.07, 6.45) is -2.99. The fraction of sp³-hybridized carbons (Fsp3) is 0.333. The Balaban J connectivity index is 2.87. The molecular weight excluding hydrogens is 308 g/mol. The van der Waals surface area contributed by atoms with Crippen molar-refractivity contribution >= 4 is 16.4 Å². The fourth-order valence-corrected chi connectivity index (χ4v) is 1.39. The van der Waals surface area contributed by atoms with Gasteiger partial charge in [0.1, 0.15) is 6.04 Å². The van der Waals surface area contributed by atoms with Gasteiger partial charge in [-0.05, 0) is 13.0 Å². The number of alkyl halides is 3. The van der Waals surface area contributed by atoms with Crippen molar-refractivity contribution in [1.82, 2.24) is 10.3 Å². The summed E-state index contributed by atoms with van der Waals surface area (Å²) in [6.45, 7) is 0.720. The summed E-state index contributed by atoms with van der Waals surface area (Å²) in [5, 5.41) is 1.62. The number of hydrogen-bond acceptors (Lipinski definition) is 5. The van der Waals surface area contributed by atoms with Crippen molar-refractivity contribution in [2.24, 2.45) is 0 Å². The highest BCUT2D eigenvalue weighted by Gasteiger charge is 2.37. The molecule has 1 heterocycles. The summed E-state index contributed by atoms with van der Waals surface area (Å²) in [6, 6.07) is -1.38. The molecule has 0 fully saturated rings. The lowest BCUT2D eigenvalue weighted by atomic mass is 10.2. The van der Waals surface area contributed by atoms with E-state index in [-0.39, 0.29) is 0 Å². The van der Waals surface area contributed by atoms with Crippen molar-refractivity contribution < 1.29 is 34.5 Å². The first-order chi connectivity index (χ1) is 8.99. The molecule has 6 nitrogen and oxygen atoms in total. The molecule has 1 rings (SSSR count). The van der Waals surface area contributed by atoms with E-state index in [9.17, 15) is 30.3 Å². The molecule has 0 saturated heterocycles. The number of pyridine rings is 1. The van der Waals surface area contributed by atoms with Gasteiger partial charge in [0, 0.05) is 6.20 Å². The van der Waals surface area contributed by atoms with Crippen LogP contribution in [0.2, 0.25) is 0 Å². The third-order valence-electron chi connectivity index (χ3n) is 2.01. The third-order valence-corrected chi connectivity index (χ3v) is 2.40. The zero-order chi connectivity index (χ0) is 15.6. The van der Waals surface area contributed by atoms with Crippen molar-refractivity contribution in [3.8, 4) is 5.75 Å². The lowest BCUT2D eigenvalue weighted by Crippen LogP contribution is -2.43. The molecule has 11 heteroatoms. The lowest BCUT2D eigenvalue weighted by molar-refractivity contribution is -0.149. The van der Waals surface area contributed by atoms with E-state index in [0.717, 1.165) is 25.4 Å². The number of nitrogens with zero attached hydrogens (tertiary/aromatic N) is 1. The van der Waals surface area contributed by atoms with Crippen LogP contribution in [0.1, 0.15) is 17.3 Å². The molecule has 0 aliphatic carbocycles. The summed E-state index contributed by atoms with van der Waals surface area (Å²) >= 11 is 0. The van der Waals surface area contributed by atoms with Crippen molar-refractivity contribution in [1.29, 1.82) is 0 Å². The number of amides is 1. The van der Waals surface area contributed by atoms with Gasteiger partial charge in [0.2, 0.25) is 0 Å². The average Bonchev–Trinajstić information content (AvgIpc) is 2.25. The van der Waals surface area contributed by atoms with E-state index in [1.54, 1.807) is 5.32 Å². The normalized spacial score (nSPS) is 13.7. The summed E-state index contributed by atoms with van der Waals surface area (Å²) in [5.41, 5.74) is -0.415. The standard InChI is InChI=1S/C9H8F4N2O4S/c1-5(9(10,11)12)15-8(16)6-2-7(4-14-3-6)19-20(13,17)18/h2-5H,1H3,(H,15,16)/t5-/m1/s1. The number of aromatic nitrogens is 1. The van der Waals surface area contributed by atoms with Crippen molar-refractivity contribution in [2.45, 2.75) is 19.1 Å². The number of halogens is 4. The molecule has 20 heavy (non-hydrogen) atoms. The van der Waals surface area contributed by atoms with Gasteiger partial charge in [0.25, 0.3) is 5.91 Å². The Hall–Kier alpha value is -1.91. The number of hydrogen-bond donors (Lipinski definition) is 1. The molecule has 0 spiro atoms. The highest BCUT2D eigenvalue weighted by molar-refractivity contribution is 7.81. The van der Waals surface area contributed by atoms with Gasteiger partial charge in [-0.3, -0.25) is 9.78 Å². The van der Waals surface area contributed by atoms with Gasteiger partial charge >= 0.3 is 16.7 Å². The predicted molar refractivity (Wildman–Crippen MR) is 57.9 cm³/mol. The summed E-state index contributed by atoms with van der Waals surface area (Å²) < 4.78 is 73.2. The fourth-order valence-electron chi connectivity index (χ4n) is 1.07. The molecule has 0 aliphatic rings. The Morgan fingerprint density at radius 1 is 1.40 bits per heavy atom. The molecular formula is C9H8F4N2O4S. The van der Waals surface area contributed by atoms with Crippen molar-refractivity contribution in [3.05, 3.63) is 24.0 Å². The van der Waals surface area contributed by atoms with Crippen LogP contribution in [0, 0.1) is 0 Å². The molecule has 0 saturated carbocycles. The molecule has 1 aromatic heterocycles. The minimum Gasteiger partial charge on any atom is -0.357 e. The molecule has 1 N–H and O–H groups in total. The van der Waals surface area contributed by atoms with Crippen LogP contribution in [0.15, 0.2) is 18.5 Å². The molecule has 0 aliphatic heterocycles. The highest BCUT2D eigenvalue weighted by atomic mass is 32.3. The number of carbonyl (C=O) groups excluding carboxylic acids is 1. The summed E-state index contributed by atoms with van der Waals surface area (Å²) in [4.78, 5) is 14.8. The van der Waals surface area contributed by atoms with Crippen LogP contribution in [-0.2, 0) is 10.5 Å². The first-order valence-corrected chi connectivity index (χ1v) is 6.26. The molecule has 1 atom stereocenters. The van der Waals surface area contributed by atoms with Crippen LogP contribution in [-0.4, -0.2) is 31.5 Å². The largest absolute Gasteiger partial charge is 0.488 e. The van der Waals surface area contributed by atoms with Crippen LogP contribution < -0.4 is 9.50 Å². The quantitative estimate of drug-likeness (QED) is 0.669. The summed E-state index contributed by atoms with van der Waals surface area (Å²) in [7, 11) is -5.32. The third kappa shape index (κ3) is 4.99. The molecule has 0 radical (unpaired) electrons. The molecule has 0 unspecified atom stereocenters. The van der Waals surface area contributed by atoms with E-state index in [1.807, 2.05) is 0 Å². The van der Waals surface area contributed by atoms with E-state index < -0.39 is 39.9 Å². The Kier molecular flexibility index (Phi) is 4.53. The van der Waals surface area contributed by atoms with E-state index in [0.29, 0.717) is 0 Å². The Labute approximate surface area is 111 Å². The minimum atomic E-state index is -5.32. The lowest BCUT2D eigenvalue weighted by Gasteiger charge is -2.17. The highest BCUT2D eigenvalue weighted by Crippen LogP contribution is 2.20. The predicted octanol–water partition coefficient (Wildman–Crippen LogP) is 1.36. The Bertz CT molecular complexity index is 602.